The van der Waals surface area contributed by atoms with Gasteiger partial charge in [-0.25, -0.2) is 0 Å². The zero-order valence-corrected chi connectivity index (χ0v) is 15.2. The van der Waals surface area contributed by atoms with E-state index in [0.717, 1.165) is 0 Å². The molecule has 0 saturated carbocycles. The van der Waals surface area contributed by atoms with Crippen LogP contribution in [0.2, 0.25) is 0 Å². The van der Waals surface area contributed by atoms with Crippen LogP contribution in [-0.4, -0.2) is 58.3 Å². The van der Waals surface area contributed by atoms with E-state index in [1.807, 2.05) is 0 Å². The number of rotatable bonds is 10. The van der Waals surface area contributed by atoms with Crippen LogP contribution in [0.5, 0.6) is 5.75 Å². The number of fused-ring (bicyclic) bond motifs is 2. The summed E-state index contributed by atoms with van der Waals surface area (Å²) in [6, 6.07) is 11.9. The molecule has 0 bridgehead atoms. The second-order valence-electron chi connectivity index (χ2n) is 5.95. The van der Waals surface area contributed by atoms with Crippen molar-refractivity contribution < 1.29 is 28.5 Å². The van der Waals surface area contributed by atoms with Crippen LogP contribution in [0, 0.1) is 0 Å². The van der Waals surface area contributed by atoms with Gasteiger partial charge in [-0.1, -0.05) is 36.4 Å². The quantitative estimate of drug-likeness (QED) is 0.511. The zero-order valence-electron chi connectivity index (χ0n) is 15.2. The van der Waals surface area contributed by atoms with Crippen molar-refractivity contribution in [2.45, 2.75) is 0 Å². The van der Waals surface area contributed by atoms with Crippen LogP contribution < -0.4 is 4.74 Å². The molecule has 0 saturated heterocycles. The van der Waals surface area contributed by atoms with Gasteiger partial charge in [-0.2, -0.15) is 0 Å². The van der Waals surface area contributed by atoms with E-state index in [9.17, 15) is 9.59 Å². The molecule has 0 aliphatic heterocycles. The molecule has 0 aromatic heterocycles. The summed E-state index contributed by atoms with van der Waals surface area (Å²) >= 11 is 0. The molecule has 0 heterocycles. The Bertz CT molecular complexity index is 814. The molecular formula is C21H22O6. The van der Waals surface area contributed by atoms with Crippen molar-refractivity contribution in [2.24, 2.45) is 0 Å². The Balaban J connectivity index is 1.58. The third-order valence-electron chi connectivity index (χ3n) is 4.20. The number of benzene rings is 2. The van der Waals surface area contributed by atoms with Crippen LogP contribution in [0.25, 0.3) is 0 Å². The number of ether oxygens (including phenoxy) is 4. The van der Waals surface area contributed by atoms with Gasteiger partial charge < -0.3 is 18.9 Å². The number of carbonyl (C=O) groups excluding carboxylic acids is 2. The third kappa shape index (κ3) is 4.42. The van der Waals surface area contributed by atoms with Gasteiger partial charge in [-0.05, 0) is 6.07 Å². The van der Waals surface area contributed by atoms with Crippen molar-refractivity contribution in [3.8, 4) is 5.75 Å². The van der Waals surface area contributed by atoms with Gasteiger partial charge in [0, 0.05) is 23.8 Å². The molecule has 6 heteroatoms. The summed E-state index contributed by atoms with van der Waals surface area (Å²) in [5, 5.41) is 0. The number of methoxy groups -OCH3 is 1. The summed E-state index contributed by atoms with van der Waals surface area (Å²) in [5.74, 6) is 0.0543. The van der Waals surface area contributed by atoms with E-state index in [0.29, 0.717) is 61.0 Å². The molecule has 0 unspecified atom stereocenters. The topological polar surface area (TPSA) is 71.1 Å². The van der Waals surface area contributed by atoms with Gasteiger partial charge in [0.25, 0.3) is 0 Å². The van der Waals surface area contributed by atoms with E-state index in [-0.39, 0.29) is 18.2 Å². The maximum atomic E-state index is 12.8. The molecule has 3 rings (SSSR count). The molecule has 27 heavy (non-hydrogen) atoms. The first-order chi connectivity index (χ1) is 13.2. The van der Waals surface area contributed by atoms with Crippen molar-refractivity contribution in [1.82, 2.24) is 0 Å². The second kappa shape index (κ2) is 9.41. The van der Waals surface area contributed by atoms with Crippen molar-refractivity contribution in [1.29, 1.82) is 0 Å². The lowest BCUT2D eigenvalue weighted by molar-refractivity contribution is 0.0179. The fourth-order valence-electron chi connectivity index (χ4n) is 2.91. The highest BCUT2D eigenvalue weighted by Crippen LogP contribution is 2.33. The monoisotopic (exact) mass is 370 g/mol. The van der Waals surface area contributed by atoms with Gasteiger partial charge >= 0.3 is 0 Å². The molecule has 0 radical (unpaired) electrons. The van der Waals surface area contributed by atoms with Crippen molar-refractivity contribution >= 4 is 11.6 Å². The largest absolute Gasteiger partial charge is 0.490 e. The summed E-state index contributed by atoms with van der Waals surface area (Å²) in [7, 11) is 1.62. The Hall–Kier alpha value is -2.54. The predicted octanol–water partition coefficient (Wildman–Crippen LogP) is 2.52. The normalized spacial score (nSPS) is 12.6. The molecule has 0 N–H and O–H groups in total. The first kappa shape index (κ1) is 19.2. The summed E-state index contributed by atoms with van der Waals surface area (Å²) in [5.41, 5.74) is 1.55. The lowest BCUT2D eigenvalue weighted by atomic mass is 9.83. The molecular weight excluding hydrogens is 348 g/mol. The van der Waals surface area contributed by atoms with Crippen LogP contribution in [0.1, 0.15) is 31.8 Å². The molecule has 0 fully saturated rings. The van der Waals surface area contributed by atoms with Crippen LogP contribution in [-0.2, 0) is 14.2 Å². The lowest BCUT2D eigenvalue weighted by Gasteiger charge is -2.20. The first-order valence-corrected chi connectivity index (χ1v) is 8.82. The Morgan fingerprint density at radius 1 is 0.667 bits per heavy atom. The van der Waals surface area contributed by atoms with Gasteiger partial charge in [0.15, 0.2) is 11.6 Å². The third-order valence-corrected chi connectivity index (χ3v) is 4.20. The first-order valence-electron chi connectivity index (χ1n) is 8.82. The zero-order chi connectivity index (χ0) is 19.1. The molecule has 0 atom stereocenters. The second-order valence-corrected chi connectivity index (χ2v) is 5.95. The van der Waals surface area contributed by atoms with Gasteiger partial charge in [0.2, 0.25) is 0 Å². The van der Waals surface area contributed by atoms with Crippen molar-refractivity contribution in [3.05, 3.63) is 64.7 Å². The van der Waals surface area contributed by atoms with Crippen LogP contribution in [0.4, 0.5) is 0 Å². The van der Waals surface area contributed by atoms with Crippen molar-refractivity contribution in [2.75, 3.05) is 46.8 Å². The van der Waals surface area contributed by atoms with Gasteiger partial charge in [-0.3, -0.25) is 9.59 Å². The minimum atomic E-state index is -0.191. The summed E-state index contributed by atoms with van der Waals surface area (Å²) < 4.78 is 21.3. The van der Waals surface area contributed by atoms with E-state index in [1.54, 1.807) is 49.6 Å². The Morgan fingerprint density at radius 3 is 1.96 bits per heavy atom. The summed E-state index contributed by atoms with van der Waals surface area (Å²) in [6.07, 6.45) is 0. The molecule has 1 aliphatic rings. The Labute approximate surface area is 158 Å². The minimum Gasteiger partial charge on any atom is -0.490 e. The number of carbonyl (C=O) groups is 2. The van der Waals surface area contributed by atoms with E-state index in [4.69, 9.17) is 18.9 Å². The molecule has 2 aromatic rings. The molecule has 1 aliphatic carbocycles. The van der Waals surface area contributed by atoms with E-state index >= 15 is 0 Å². The smallest absolute Gasteiger partial charge is 0.198 e. The molecule has 0 spiro atoms. The van der Waals surface area contributed by atoms with Gasteiger partial charge in [0.1, 0.15) is 12.4 Å². The minimum absolute atomic E-state index is 0.157. The maximum absolute atomic E-state index is 12.8. The number of ketones is 2. The van der Waals surface area contributed by atoms with E-state index < -0.39 is 0 Å². The summed E-state index contributed by atoms with van der Waals surface area (Å²) in [4.78, 5) is 25.5. The molecule has 142 valence electrons. The van der Waals surface area contributed by atoms with E-state index in [1.165, 1.54) is 0 Å². The van der Waals surface area contributed by atoms with Crippen molar-refractivity contribution in [3.63, 3.8) is 0 Å². The van der Waals surface area contributed by atoms with Gasteiger partial charge in [0.05, 0.1) is 38.6 Å². The highest BCUT2D eigenvalue weighted by molar-refractivity contribution is 6.29. The lowest BCUT2D eigenvalue weighted by Crippen LogP contribution is -2.22. The number of hydrogen-bond acceptors (Lipinski definition) is 6. The summed E-state index contributed by atoms with van der Waals surface area (Å²) in [6.45, 7) is 2.65. The van der Waals surface area contributed by atoms with Crippen LogP contribution >= 0.6 is 0 Å². The molecule has 2 aromatic carbocycles. The Morgan fingerprint density at radius 2 is 1.26 bits per heavy atom. The van der Waals surface area contributed by atoms with Gasteiger partial charge in [-0.15, -0.1) is 0 Å². The average Bonchev–Trinajstić information content (AvgIpc) is 2.70. The standard InChI is InChI=1S/C21H22O6/c1-24-9-10-25-11-12-26-13-14-27-18-8-4-7-17-19(18)21(23)16-6-3-2-5-15(16)20(17)22/h2-8H,9-14H2,1H3. The Kier molecular flexibility index (Phi) is 6.70. The average molecular weight is 370 g/mol. The fourth-order valence-corrected chi connectivity index (χ4v) is 2.91. The van der Waals surface area contributed by atoms with E-state index in [2.05, 4.69) is 0 Å². The SMILES string of the molecule is COCCOCCOCCOc1cccc2c1C(=O)c1ccccc1C2=O. The maximum Gasteiger partial charge on any atom is 0.198 e. The molecule has 6 nitrogen and oxygen atoms in total. The number of hydrogen-bond donors (Lipinski definition) is 0. The van der Waals surface area contributed by atoms with Crippen LogP contribution in [0.15, 0.2) is 42.5 Å². The van der Waals surface area contributed by atoms with Crippen LogP contribution in [0.3, 0.4) is 0 Å². The molecule has 0 amide bonds. The highest BCUT2D eigenvalue weighted by Gasteiger charge is 2.31. The predicted molar refractivity (Wildman–Crippen MR) is 98.8 cm³/mol. The highest BCUT2D eigenvalue weighted by atomic mass is 16.6. The fraction of sp³-hybridized carbons (Fsp3) is 0.333.